The first-order valence-corrected chi connectivity index (χ1v) is 4.80. The minimum atomic E-state index is 0. The molecule has 0 saturated carbocycles. The molecule has 0 aliphatic heterocycles. The molecule has 90 valence electrons. The van der Waals surface area contributed by atoms with Gasteiger partial charge in [0.15, 0.2) is 6.61 Å². The van der Waals surface area contributed by atoms with Gasteiger partial charge in [-0.1, -0.05) is 5.92 Å². The summed E-state index contributed by atoms with van der Waals surface area (Å²) in [6, 6.07) is 1.74. The quantitative estimate of drug-likeness (QED) is 0.367. The van der Waals surface area contributed by atoms with Crippen LogP contribution in [0, 0.1) is 18.8 Å². The second kappa shape index (κ2) is 6.76. The maximum atomic E-state index is 5.26. The molecule has 5 heteroatoms. The number of halogens is 1. The highest BCUT2D eigenvalue weighted by molar-refractivity contribution is 5.11. The van der Waals surface area contributed by atoms with Crippen LogP contribution in [-0.4, -0.2) is 43.9 Å². The predicted molar refractivity (Wildman–Crippen MR) is 57.4 cm³/mol. The van der Waals surface area contributed by atoms with E-state index >= 15 is 0 Å². The van der Waals surface area contributed by atoms with E-state index in [9.17, 15) is 0 Å². The van der Waals surface area contributed by atoms with Crippen LogP contribution in [0.4, 0.5) is 0 Å². The molecule has 0 saturated heterocycles. The van der Waals surface area contributed by atoms with Crippen LogP contribution >= 0.6 is 0 Å². The minimum Gasteiger partial charge on any atom is -1.00 e. The smallest absolute Gasteiger partial charge is 0.255 e. The normalized spacial score (nSPS) is 10.0. The number of aromatic nitrogens is 1. The van der Waals surface area contributed by atoms with Crippen LogP contribution in [0.5, 0.6) is 5.88 Å². The van der Waals surface area contributed by atoms with Crippen molar-refractivity contribution >= 4 is 0 Å². The summed E-state index contributed by atoms with van der Waals surface area (Å²) in [5, 5.41) is 3.69. The van der Waals surface area contributed by atoms with E-state index in [1.54, 1.807) is 6.07 Å². The molecule has 0 amide bonds. The maximum absolute atomic E-state index is 5.26. The molecule has 0 unspecified atom stereocenters. The zero-order valence-electron chi connectivity index (χ0n) is 10.1. The second-order valence-electron chi connectivity index (χ2n) is 4.37. The summed E-state index contributed by atoms with van der Waals surface area (Å²) < 4.78 is 10.9. The minimum absolute atomic E-state index is 0. The molecule has 1 rings (SSSR count). The van der Waals surface area contributed by atoms with Crippen LogP contribution in [0.1, 0.15) is 5.76 Å². The lowest BCUT2D eigenvalue weighted by Gasteiger charge is -2.19. The van der Waals surface area contributed by atoms with Gasteiger partial charge in [0.25, 0.3) is 5.88 Å². The van der Waals surface area contributed by atoms with Gasteiger partial charge in [0.2, 0.25) is 0 Å². The molecule has 1 aromatic rings. The Labute approximate surface area is 114 Å². The molecule has 0 aromatic carbocycles. The molecule has 0 aliphatic carbocycles. The van der Waals surface area contributed by atoms with E-state index in [0.717, 1.165) is 16.8 Å². The predicted octanol–water partition coefficient (Wildman–Crippen LogP) is -1.92. The van der Waals surface area contributed by atoms with Crippen molar-refractivity contribution in [1.82, 2.24) is 5.16 Å². The van der Waals surface area contributed by atoms with Gasteiger partial charge in [0.05, 0.1) is 21.1 Å². The van der Waals surface area contributed by atoms with Crippen molar-refractivity contribution in [2.75, 3.05) is 34.3 Å². The molecule has 0 N–H and O–H groups in total. The molecule has 0 aliphatic rings. The van der Waals surface area contributed by atoms with Crippen molar-refractivity contribution in [2.45, 2.75) is 6.92 Å². The highest BCUT2D eigenvalue weighted by Gasteiger charge is 2.02. The van der Waals surface area contributed by atoms with E-state index < -0.39 is 0 Å². The van der Waals surface area contributed by atoms with Crippen molar-refractivity contribution in [2.24, 2.45) is 0 Å². The van der Waals surface area contributed by atoms with Gasteiger partial charge in [0, 0.05) is 6.07 Å². The molecule has 0 fully saturated rings. The molecule has 4 nitrogen and oxygen atoms in total. The van der Waals surface area contributed by atoms with Crippen molar-refractivity contribution < 1.29 is 37.7 Å². The monoisotopic (exact) mass is 336 g/mol. The first kappa shape index (κ1) is 15.3. The Bertz CT molecular complexity index is 371. The van der Waals surface area contributed by atoms with Crippen LogP contribution in [0.25, 0.3) is 0 Å². The van der Waals surface area contributed by atoms with Gasteiger partial charge in [-0.05, 0) is 18.0 Å². The zero-order valence-corrected chi connectivity index (χ0v) is 12.2. The number of aryl methyl sites for hydroxylation is 1. The summed E-state index contributed by atoms with van der Waals surface area (Å²) in [5.74, 6) is 7.20. The summed E-state index contributed by atoms with van der Waals surface area (Å²) in [6.07, 6.45) is 0. The summed E-state index contributed by atoms with van der Waals surface area (Å²) in [7, 11) is 6.28. The van der Waals surface area contributed by atoms with Crippen LogP contribution in [-0.2, 0) is 0 Å². The van der Waals surface area contributed by atoms with E-state index in [2.05, 4.69) is 38.1 Å². The van der Waals surface area contributed by atoms with Gasteiger partial charge in [-0.15, -0.1) is 0 Å². The number of hydrogen-bond donors (Lipinski definition) is 0. The van der Waals surface area contributed by atoms with E-state index in [1.165, 1.54) is 0 Å². The van der Waals surface area contributed by atoms with Gasteiger partial charge < -0.3 is 37.7 Å². The summed E-state index contributed by atoms with van der Waals surface area (Å²) >= 11 is 0. The first-order valence-electron chi connectivity index (χ1n) is 4.80. The van der Waals surface area contributed by atoms with Crippen LogP contribution in [0.2, 0.25) is 0 Å². The van der Waals surface area contributed by atoms with Crippen molar-refractivity contribution in [3.8, 4) is 17.7 Å². The zero-order chi connectivity index (χ0) is 11.3. The lowest BCUT2D eigenvalue weighted by molar-refractivity contribution is -0.862. The highest BCUT2D eigenvalue weighted by atomic mass is 127. The van der Waals surface area contributed by atoms with Gasteiger partial charge in [-0.3, -0.25) is 0 Å². The van der Waals surface area contributed by atoms with Crippen LogP contribution in [0.15, 0.2) is 10.6 Å². The second-order valence-corrected chi connectivity index (χ2v) is 4.37. The Balaban J connectivity index is 0.00000225. The molecule has 0 spiro atoms. The molecule has 0 atom stereocenters. The Hall–Kier alpha value is -0.740. The van der Waals surface area contributed by atoms with E-state index in [-0.39, 0.29) is 24.0 Å². The average molecular weight is 336 g/mol. The van der Waals surface area contributed by atoms with Gasteiger partial charge in [-0.2, -0.15) is 0 Å². The summed E-state index contributed by atoms with van der Waals surface area (Å²) in [4.78, 5) is 0. The Morgan fingerprint density at radius 3 is 2.56 bits per heavy atom. The third kappa shape index (κ3) is 6.69. The summed E-state index contributed by atoms with van der Waals surface area (Å²) in [5.41, 5.74) is 0. The molecule has 0 bridgehead atoms. The fourth-order valence-electron chi connectivity index (χ4n) is 0.866. The van der Waals surface area contributed by atoms with Crippen molar-refractivity contribution in [3.05, 3.63) is 11.8 Å². The number of hydrogen-bond acceptors (Lipinski definition) is 3. The first-order chi connectivity index (χ1) is 6.97. The molecule has 16 heavy (non-hydrogen) atoms. The number of nitrogens with zero attached hydrogens (tertiary/aromatic N) is 2. The van der Waals surface area contributed by atoms with Crippen molar-refractivity contribution in [3.63, 3.8) is 0 Å². The van der Waals surface area contributed by atoms with Gasteiger partial charge >= 0.3 is 0 Å². The van der Waals surface area contributed by atoms with Crippen molar-refractivity contribution in [1.29, 1.82) is 0 Å². The van der Waals surface area contributed by atoms with E-state index in [4.69, 9.17) is 9.26 Å². The molecular formula is C11H17IN2O2. The fourth-order valence-corrected chi connectivity index (χ4v) is 0.866. The number of rotatable bonds is 3. The standard InChI is InChI=1S/C11H17N2O2.HI/c1-10-9-11(12-15-10)14-8-6-5-7-13(2,3)4;/h9H,7-8H2,1-4H3;1H/q+1;/p-1. The lowest BCUT2D eigenvalue weighted by atomic mass is 10.5. The van der Waals surface area contributed by atoms with Gasteiger partial charge in [0.1, 0.15) is 12.3 Å². The average Bonchev–Trinajstić information content (AvgIpc) is 2.49. The summed E-state index contributed by atoms with van der Waals surface area (Å²) in [6.45, 7) is 2.98. The molecule has 0 radical (unpaired) electrons. The lowest BCUT2D eigenvalue weighted by Crippen LogP contribution is -3.00. The Kier molecular flexibility index (Phi) is 6.45. The SMILES string of the molecule is Cc1cc(OCC#CC[N+](C)(C)C)no1.[I-]. The number of quaternary nitrogens is 1. The van der Waals surface area contributed by atoms with E-state index in [0.29, 0.717) is 12.5 Å². The Morgan fingerprint density at radius 2 is 2.06 bits per heavy atom. The van der Waals surface area contributed by atoms with Crippen LogP contribution in [0.3, 0.4) is 0 Å². The maximum Gasteiger partial charge on any atom is 0.255 e. The largest absolute Gasteiger partial charge is 1.00 e. The molecule has 1 heterocycles. The fraction of sp³-hybridized carbons (Fsp3) is 0.545. The highest BCUT2D eigenvalue weighted by Crippen LogP contribution is 2.08. The Morgan fingerprint density at radius 1 is 1.38 bits per heavy atom. The van der Waals surface area contributed by atoms with Crippen LogP contribution < -0.4 is 28.7 Å². The van der Waals surface area contributed by atoms with Gasteiger partial charge in [-0.25, -0.2) is 0 Å². The third-order valence-corrected chi connectivity index (χ3v) is 1.58. The molecular weight excluding hydrogens is 319 g/mol. The third-order valence-electron chi connectivity index (χ3n) is 1.58. The number of ether oxygens (including phenoxy) is 1. The van der Waals surface area contributed by atoms with E-state index in [1.807, 2.05) is 6.92 Å². The molecule has 1 aromatic heterocycles. The topological polar surface area (TPSA) is 35.3 Å².